The van der Waals surface area contributed by atoms with E-state index in [1.807, 2.05) is 28.6 Å². The lowest BCUT2D eigenvalue weighted by molar-refractivity contribution is -0.137. The zero-order chi connectivity index (χ0) is 20.5. The monoisotopic (exact) mass is 394 g/mol. The van der Waals surface area contributed by atoms with Crippen molar-refractivity contribution in [3.63, 3.8) is 0 Å². The molecule has 29 heavy (non-hydrogen) atoms. The number of nitrogens with zero attached hydrogens (tertiary/aromatic N) is 5. The number of aliphatic hydroxyl groups is 1. The van der Waals surface area contributed by atoms with Gasteiger partial charge in [-0.15, -0.1) is 0 Å². The summed E-state index contributed by atoms with van der Waals surface area (Å²) in [5.74, 6) is -0.701. The summed E-state index contributed by atoms with van der Waals surface area (Å²) in [4.78, 5) is 31.1. The van der Waals surface area contributed by atoms with Crippen LogP contribution in [0.5, 0.6) is 0 Å². The smallest absolute Gasteiger partial charge is 0.253 e. The highest BCUT2D eigenvalue weighted by molar-refractivity contribution is 5.94. The summed E-state index contributed by atoms with van der Waals surface area (Å²) in [7, 11) is 0. The molecule has 2 aromatic rings. The van der Waals surface area contributed by atoms with Crippen molar-refractivity contribution in [2.24, 2.45) is 5.92 Å². The first-order valence-corrected chi connectivity index (χ1v) is 9.62. The first kappa shape index (κ1) is 19.1. The Hall–Kier alpha value is -3.25. The number of aromatic nitrogens is 3. The van der Waals surface area contributed by atoms with Crippen molar-refractivity contribution in [2.45, 2.75) is 45.0 Å². The van der Waals surface area contributed by atoms with Gasteiger partial charge in [-0.1, -0.05) is 0 Å². The van der Waals surface area contributed by atoms with Crippen molar-refractivity contribution in [1.29, 1.82) is 5.26 Å². The lowest BCUT2D eigenvalue weighted by Gasteiger charge is -2.29. The molecule has 1 saturated carbocycles. The van der Waals surface area contributed by atoms with Crippen molar-refractivity contribution in [2.75, 3.05) is 6.54 Å². The molecule has 0 saturated heterocycles. The Balaban J connectivity index is 1.37. The van der Waals surface area contributed by atoms with Gasteiger partial charge in [0.2, 0.25) is 5.91 Å². The van der Waals surface area contributed by atoms with Gasteiger partial charge in [0, 0.05) is 18.7 Å². The highest BCUT2D eigenvalue weighted by atomic mass is 16.3. The number of rotatable bonds is 3. The van der Waals surface area contributed by atoms with Crippen LogP contribution in [0.3, 0.4) is 0 Å². The predicted molar refractivity (Wildman–Crippen MR) is 101 cm³/mol. The van der Waals surface area contributed by atoms with Crippen molar-refractivity contribution in [3.8, 4) is 6.07 Å². The summed E-state index contributed by atoms with van der Waals surface area (Å²) in [5, 5.41) is 26.4. The molecule has 150 valence electrons. The second kappa shape index (κ2) is 7.64. The topological polar surface area (TPSA) is 124 Å². The van der Waals surface area contributed by atoms with E-state index in [0.29, 0.717) is 38.0 Å². The molecular weight excluding hydrogens is 372 g/mol. The van der Waals surface area contributed by atoms with Crippen molar-refractivity contribution in [1.82, 2.24) is 25.0 Å². The molecular formula is C20H22N6O3. The molecule has 2 aromatic heterocycles. The number of amides is 2. The standard InChI is InChI=1S/C20H22N6O3/c1-12-6-16-11-25(4-5-26(16)24-12)20(29)14-7-17(18(27)8-14)23-19(28)13-2-3-15(9-21)22-10-13/h2-3,6,10,14,17-18,27H,4-5,7-8,11H2,1H3,(H,23,28)/t14-,17-,18-/m0/s1. The third kappa shape index (κ3) is 3.84. The number of fused-ring (bicyclic) bond motifs is 1. The third-order valence-electron chi connectivity index (χ3n) is 5.57. The van der Waals surface area contributed by atoms with Gasteiger partial charge in [-0.05, 0) is 38.0 Å². The molecule has 0 aromatic carbocycles. The van der Waals surface area contributed by atoms with Gasteiger partial charge in [0.25, 0.3) is 5.91 Å². The van der Waals surface area contributed by atoms with Gasteiger partial charge in [-0.25, -0.2) is 4.98 Å². The van der Waals surface area contributed by atoms with E-state index in [4.69, 9.17) is 5.26 Å². The fourth-order valence-electron chi connectivity index (χ4n) is 4.07. The fourth-order valence-corrected chi connectivity index (χ4v) is 4.07. The first-order chi connectivity index (χ1) is 13.9. The Morgan fingerprint density at radius 2 is 2.14 bits per heavy atom. The van der Waals surface area contributed by atoms with E-state index < -0.39 is 12.1 Å². The predicted octanol–water partition coefficient (Wildman–Crippen LogP) is 0.370. The molecule has 0 radical (unpaired) electrons. The average molecular weight is 394 g/mol. The quantitative estimate of drug-likeness (QED) is 0.775. The van der Waals surface area contributed by atoms with Crippen LogP contribution in [0.25, 0.3) is 0 Å². The van der Waals surface area contributed by atoms with Crippen LogP contribution in [0.2, 0.25) is 0 Å². The lowest BCUT2D eigenvalue weighted by atomic mass is 10.1. The second-order valence-electron chi connectivity index (χ2n) is 7.62. The first-order valence-electron chi connectivity index (χ1n) is 9.62. The van der Waals surface area contributed by atoms with Gasteiger partial charge in [0.1, 0.15) is 11.8 Å². The number of hydrogen-bond donors (Lipinski definition) is 2. The Labute approximate surface area is 168 Å². The van der Waals surface area contributed by atoms with E-state index in [9.17, 15) is 14.7 Å². The van der Waals surface area contributed by atoms with Gasteiger partial charge in [-0.3, -0.25) is 14.3 Å². The number of nitriles is 1. The zero-order valence-corrected chi connectivity index (χ0v) is 16.1. The minimum atomic E-state index is -0.781. The number of aliphatic hydroxyl groups excluding tert-OH is 1. The molecule has 1 aliphatic heterocycles. The maximum absolute atomic E-state index is 13.0. The third-order valence-corrected chi connectivity index (χ3v) is 5.57. The van der Waals surface area contributed by atoms with Crippen LogP contribution in [-0.4, -0.2) is 55.3 Å². The summed E-state index contributed by atoms with van der Waals surface area (Å²) >= 11 is 0. The van der Waals surface area contributed by atoms with E-state index in [-0.39, 0.29) is 23.4 Å². The van der Waals surface area contributed by atoms with Gasteiger partial charge in [-0.2, -0.15) is 10.4 Å². The SMILES string of the molecule is Cc1cc2n(n1)CCN(C(=O)[C@H]1C[C@H](NC(=O)c3ccc(C#N)nc3)[C@@H](O)C1)C2. The molecule has 1 fully saturated rings. The van der Waals surface area contributed by atoms with Crippen LogP contribution >= 0.6 is 0 Å². The summed E-state index contributed by atoms with van der Waals surface area (Å²) in [6.45, 7) is 3.70. The number of aryl methyl sites for hydroxylation is 1. The molecule has 0 spiro atoms. The molecule has 9 heteroatoms. The molecule has 4 rings (SSSR count). The maximum Gasteiger partial charge on any atom is 0.253 e. The van der Waals surface area contributed by atoms with Crippen LogP contribution in [0, 0.1) is 24.2 Å². The highest BCUT2D eigenvalue weighted by Crippen LogP contribution is 2.29. The molecule has 0 unspecified atom stereocenters. The summed E-state index contributed by atoms with van der Waals surface area (Å²) in [6, 6.07) is 6.37. The Bertz CT molecular complexity index is 977. The number of hydrogen-bond acceptors (Lipinski definition) is 6. The van der Waals surface area contributed by atoms with Crippen LogP contribution in [0.15, 0.2) is 24.4 Å². The highest BCUT2D eigenvalue weighted by Gasteiger charge is 2.40. The molecule has 2 aliphatic rings. The van der Waals surface area contributed by atoms with Crippen LogP contribution < -0.4 is 5.32 Å². The van der Waals surface area contributed by atoms with Gasteiger partial charge >= 0.3 is 0 Å². The van der Waals surface area contributed by atoms with Crippen molar-refractivity contribution >= 4 is 11.8 Å². The maximum atomic E-state index is 13.0. The molecule has 1 aliphatic carbocycles. The second-order valence-corrected chi connectivity index (χ2v) is 7.62. The Kier molecular flexibility index (Phi) is 5.03. The van der Waals surface area contributed by atoms with Crippen molar-refractivity contribution in [3.05, 3.63) is 47.0 Å². The van der Waals surface area contributed by atoms with Crippen molar-refractivity contribution < 1.29 is 14.7 Å². The van der Waals surface area contributed by atoms with Gasteiger partial charge < -0.3 is 15.3 Å². The number of carbonyl (C=O) groups is 2. The van der Waals surface area contributed by atoms with E-state index in [0.717, 1.165) is 11.4 Å². The minimum absolute atomic E-state index is 0.00550. The molecule has 2 amide bonds. The van der Waals surface area contributed by atoms with Gasteiger partial charge in [0.15, 0.2) is 0 Å². The molecule has 9 nitrogen and oxygen atoms in total. The normalized spacial score (nSPS) is 23.3. The zero-order valence-electron chi connectivity index (χ0n) is 16.1. The van der Waals surface area contributed by atoms with Crippen LogP contribution in [-0.2, 0) is 17.9 Å². The summed E-state index contributed by atoms with van der Waals surface area (Å²) < 4.78 is 1.93. The van der Waals surface area contributed by atoms with Crippen LogP contribution in [0.1, 0.15) is 40.3 Å². The average Bonchev–Trinajstić information content (AvgIpc) is 3.28. The summed E-state index contributed by atoms with van der Waals surface area (Å²) in [5.41, 5.74) is 2.49. The van der Waals surface area contributed by atoms with E-state index in [1.54, 1.807) is 0 Å². The molecule has 3 heterocycles. The van der Waals surface area contributed by atoms with Gasteiger partial charge in [0.05, 0.1) is 42.2 Å². The number of carbonyl (C=O) groups excluding carboxylic acids is 2. The van der Waals surface area contributed by atoms with E-state index in [2.05, 4.69) is 15.4 Å². The largest absolute Gasteiger partial charge is 0.391 e. The Morgan fingerprint density at radius 3 is 2.86 bits per heavy atom. The van der Waals surface area contributed by atoms with E-state index >= 15 is 0 Å². The molecule has 0 bridgehead atoms. The lowest BCUT2D eigenvalue weighted by Crippen LogP contribution is -2.42. The molecule has 3 atom stereocenters. The fraction of sp³-hybridized carbons (Fsp3) is 0.450. The van der Waals surface area contributed by atoms with Crippen LogP contribution in [0.4, 0.5) is 0 Å². The summed E-state index contributed by atoms with van der Waals surface area (Å²) in [6.07, 6.45) is 1.27. The van der Waals surface area contributed by atoms with E-state index in [1.165, 1.54) is 18.3 Å². The molecule has 2 N–H and O–H groups in total. The minimum Gasteiger partial charge on any atom is -0.391 e. The number of nitrogens with one attached hydrogen (secondary N) is 1. The Morgan fingerprint density at radius 1 is 1.31 bits per heavy atom. The number of pyridine rings is 1.